The molecule has 5 heteroatoms. The lowest BCUT2D eigenvalue weighted by atomic mass is 10.0. The fraction of sp³-hybridized carbons (Fsp3) is 0.120. The third kappa shape index (κ3) is 5.31. The van der Waals surface area contributed by atoms with Gasteiger partial charge < -0.3 is 10.6 Å². The number of carbonyl (C=O) groups is 1. The van der Waals surface area contributed by atoms with Gasteiger partial charge in [0.05, 0.1) is 5.69 Å². The average molecular weight is 414 g/mol. The summed E-state index contributed by atoms with van der Waals surface area (Å²) in [5.41, 5.74) is 4.65. The van der Waals surface area contributed by atoms with Gasteiger partial charge in [-0.3, -0.25) is 4.79 Å². The largest absolute Gasteiger partial charge is 0.359 e. The van der Waals surface area contributed by atoms with Crippen molar-refractivity contribution in [3.63, 3.8) is 0 Å². The van der Waals surface area contributed by atoms with Crippen LogP contribution in [0.25, 0.3) is 0 Å². The molecule has 0 aromatic heterocycles. The van der Waals surface area contributed by atoms with Gasteiger partial charge in [0.1, 0.15) is 11.6 Å². The third-order valence-electron chi connectivity index (χ3n) is 4.51. The lowest BCUT2D eigenvalue weighted by molar-refractivity contribution is -0.112. The first kappa shape index (κ1) is 21.2. The molecule has 0 saturated heterocycles. The Morgan fingerprint density at radius 3 is 2.27 bits per heavy atom. The van der Waals surface area contributed by atoms with E-state index in [4.69, 9.17) is 0 Å². The first-order valence-corrected chi connectivity index (χ1v) is 10.4. The van der Waals surface area contributed by atoms with Gasteiger partial charge in [-0.25, -0.2) is 0 Å². The van der Waals surface area contributed by atoms with Crippen molar-refractivity contribution in [1.29, 1.82) is 5.26 Å². The van der Waals surface area contributed by atoms with Crippen molar-refractivity contribution in [1.82, 2.24) is 0 Å². The molecule has 3 aromatic carbocycles. The van der Waals surface area contributed by atoms with Gasteiger partial charge in [-0.1, -0.05) is 59.8 Å². The molecule has 0 saturated carbocycles. The van der Waals surface area contributed by atoms with Crippen LogP contribution in [0.4, 0.5) is 11.4 Å². The van der Waals surface area contributed by atoms with Crippen molar-refractivity contribution in [2.75, 3.05) is 10.6 Å². The Morgan fingerprint density at radius 1 is 0.967 bits per heavy atom. The van der Waals surface area contributed by atoms with E-state index in [0.29, 0.717) is 0 Å². The SMILES string of the molecule is Cc1cc(C)c(NC(=O)/C(C#N)=C\Nc2ccccc2Sc2ccccc2)c(C)c1. The highest BCUT2D eigenvalue weighted by atomic mass is 32.2. The second-order valence-electron chi connectivity index (χ2n) is 6.95. The standard InChI is InChI=1S/C25H23N3OS/c1-17-13-18(2)24(19(3)14-17)28-25(29)20(15-26)16-27-22-11-7-8-12-23(22)30-21-9-5-4-6-10-21/h4-14,16,27H,1-3H3,(H,28,29)/b20-16-. The quantitative estimate of drug-likeness (QED) is 0.372. The number of amides is 1. The maximum absolute atomic E-state index is 12.7. The zero-order chi connectivity index (χ0) is 21.5. The van der Waals surface area contributed by atoms with Crippen molar-refractivity contribution in [2.45, 2.75) is 30.6 Å². The van der Waals surface area contributed by atoms with Crippen LogP contribution < -0.4 is 10.6 Å². The summed E-state index contributed by atoms with van der Waals surface area (Å²) >= 11 is 1.61. The zero-order valence-corrected chi connectivity index (χ0v) is 18.0. The van der Waals surface area contributed by atoms with Crippen LogP contribution >= 0.6 is 11.8 Å². The van der Waals surface area contributed by atoms with E-state index < -0.39 is 5.91 Å². The van der Waals surface area contributed by atoms with Crippen LogP contribution in [-0.4, -0.2) is 5.91 Å². The molecule has 0 heterocycles. The van der Waals surface area contributed by atoms with Crippen molar-refractivity contribution < 1.29 is 4.79 Å². The Bertz CT molecular complexity index is 1110. The number of hydrogen-bond acceptors (Lipinski definition) is 4. The molecule has 0 aliphatic rings. The number of anilines is 2. The number of carbonyl (C=O) groups excluding carboxylic acids is 1. The molecule has 0 atom stereocenters. The lowest BCUT2D eigenvalue weighted by Crippen LogP contribution is -2.16. The number of nitrogens with zero attached hydrogens (tertiary/aromatic N) is 1. The van der Waals surface area contributed by atoms with Gasteiger partial charge >= 0.3 is 0 Å². The van der Waals surface area contributed by atoms with Crippen LogP contribution in [0.5, 0.6) is 0 Å². The normalized spacial score (nSPS) is 10.9. The summed E-state index contributed by atoms with van der Waals surface area (Å²) in [5.74, 6) is -0.437. The molecule has 0 radical (unpaired) electrons. The maximum Gasteiger partial charge on any atom is 0.267 e. The van der Waals surface area contributed by atoms with Gasteiger partial charge in [-0.2, -0.15) is 5.26 Å². The Balaban J connectivity index is 1.78. The van der Waals surface area contributed by atoms with Crippen molar-refractivity contribution in [3.8, 4) is 6.07 Å². The van der Waals surface area contributed by atoms with Crippen LogP contribution in [-0.2, 0) is 4.79 Å². The molecule has 3 rings (SSSR count). The number of aryl methyl sites for hydroxylation is 3. The number of nitrogens with one attached hydrogen (secondary N) is 2. The first-order valence-electron chi connectivity index (χ1n) is 9.56. The van der Waals surface area contributed by atoms with Crippen LogP contribution in [0, 0.1) is 32.1 Å². The highest BCUT2D eigenvalue weighted by Crippen LogP contribution is 2.33. The molecule has 2 N–H and O–H groups in total. The number of hydrogen-bond donors (Lipinski definition) is 2. The summed E-state index contributed by atoms with van der Waals surface area (Å²) < 4.78 is 0. The molecule has 0 bridgehead atoms. The summed E-state index contributed by atoms with van der Waals surface area (Å²) in [4.78, 5) is 14.8. The van der Waals surface area contributed by atoms with Crippen molar-refractivity contribution in [3.05, 3.63) is 95.2 Å². The van der Waals surface area contributed by atoms with Crippen LogP contribution in [0.3, 0.4) is 0 Å². The van der Waals surface area contributed by atoms with E-state index in [9.17, 15) is 10.1 Å². The minimum absolute atomic E-state index is 0.00823. The van der Waals surface area contributed by atoms with Gasteiger partial charge in [0, 0.05) is 21.7 Å². The molecule has 3 aromatic rings. The fourth-order valence-electron chi connectivity index (χ4n) is 3.15. The van der Waals surface area contributed by atoms with E-state index in [1.54, 1.807) is 11.8 Å². The molecule has 0 aliphatic heterocycles. The molecular weight excluding hydrogens is 390 g/mol. The monoisotopic (exact) mass is 413 g/mol. The van der Waals surface area contributed by atoms with Gasteiger partial charge in [-0.15, -0.1) is 0 Å². The lowest BCUT2D eigenvalue weighted by Gasteiger charge is -2.13. The van der Waals surface area contributed by atoms with Crippen molar-refractivity contribution in [2.24, 2.45) is 0 Å². The second kappa shape index (κ2) is 9.82. The summed E-state index contributed by atoms with van der Waals surface area (Å²) in [5, 5.41) is 15.5. The number of para-hydroxylation sites is 1. The molecule has 0 aliphatic carbocycles. The molecule has 150 valence electrons. The minimum Gasteiger partial charge on any atom is -0.359 e. The molecule has 4 nitrogen and oxygen atoms in total. The van der Waals surface area contributed by atoms with Crippen LogP contribution in [0.1, 0.15) is 16.7 Å². The number of rotatable bonds is 6. The van der Waals surface area contributed by atoms with Gasteiger partial charge in [-0.05, 0) is 56.2 Å². The van der Waals surface area contributed by atoms with Crippen molar-refractivity contribution >= 4 is 29.0 Å². The number of nitriles is 1. The number of benzene rings is 3. The summed E-state index contributed by atoms with van der Waals surface area (Å²) in [7, 11) is 0. The Morgan fingerprint density at radius 2 is 1.60 bits per heavy atom. The maximum atomic E-state index is 12.7. The first-order chi connectivity index (χ1) is 14.5. The van der Waals surface area contributed by atoms with Crippen LogP contribution in [0.2, 0.25) is 0 Å². The summed E-state index contributed by atoms with van der Waals surface area (Å²) in [6.07, 6.45) is 1.46. The molecule has 0 spiro atoms. The Hall–Kier alpha value is -3.49. The second-order valence-corrected chi connectivity index (χ2v) is 8.07. The van der Waals surface area contributed by atoms with E-state index >= 15 is 0 Å². The molecular formula is C25H23N3OS. The highest BCUT2D eigenvalue weighted by molar-refractivity contribution is 7.99. The average Bonchev–Trinajstić information content (AvgIpc) is 2.73. The van der Waals surface area contributed by atoms with Crippen LogP contribution in [0.15, 0.2) is 88.3 Å². The molecule has 0 unspecified atom stereocenters. The van der Waals surface area contributed by atoms with E-state index in [-0.39, 0.29) is 5.57 Å². The predicted molar refractivity (Wildman–Crippen MR) is 124 cm³/mol. The Kier molecular flexibility index (Phi) is 6.95. The fourth-order valence-corrected chi connectivity index (χ4v) is 4.08. The van der Waals surface area contributed by atoms with E-state index in [2.05, 4.69) is 10.6 Å². The predicted octanol–water partition coefficient (Wildman–Crippen LogP) is 6.22. The summed E-state index contributed by atoms with van der Waals surface area (Å²) in [6, 6.07) is 23.8. The van der Waals surface area contributed by atoms with Gasteiger partial charge in [0.25, 0.3) is 5.91 Å². The zero-order valence-electron chi connectivity index (χ0n) is 17.2. The highest BCUT2D eigenvalue weighted by Gasteiger charge is 2.13. The smallest absolute Gasteiger partial charge is 0.267 e. The topological polar surface area (TPSA) is 64.9 Å². The Labute approximate surface area is 181 Å². The van der Waals surface area contributed by atoms with E-state index in [0.717, 1.165) is 37.9 Å². The molecule has 0 fully saturated rings. The van der Waals surface area contributed by atoms with Gasteiger partial charge in [0.2, 0.25) is 0 Å². The third-order valence-corrected chi connectivity index (χ3v) is 5.59. The molecule has 30 heavy (non-hydrogen) atoms. The molecule has 1 amide bonds. The van der Waals surface area contributed by atoms with E-state index in [1.165, 1.54) is 6.20 Å². The minimum atomic E-state index is -0.437. The summed E-state index contributed by atoms with van der Waals surface area (Å²) in [6.45, 7) is 5.91. The van der Waals surface area contributed by atoms with E-state index in [1.807, 2.05) is 93.6 Å². The van der Waals surface area contributed by atoms with Gasteiger partial charge in [0.15, 0.2) is 0 Å².